The number of rotatable bonds is 7. The van der Waals surface area contributed by atoms with Crippen molar-refractivity contribution < 1.29 is 33.0 Å². The van der Waals surface area contributed by atoms with Crippen molar-refractivity contribution in [1.29, 1.82) is 0 Å². The molecule has 8 heteroatoms. The number of carbonyl (C=O) groups is 2. The van der Waals surface area contributed by atoms with E-state index in [0.717, 1.165) is 35.1 Å². The summed E-state index contributed by atoms with van der Waals surface area (Å²) in [6, 6.07) is 13.2. The van der Waals surface area contributed by atoms with E-state index in [9.17, 15) is 14.7 Å². The average Bonchev–Trinajstić information content (AvgIpc) is 3.57. The molecule has 0 saturated heterocycles. The van der Waals surface area contributed by atoms with Crippen LogP contribution < -0.4 is 14.8 Å². The molecule has 2 N–H and O–H groups in total. The van der Waals surface area contributed by atoms with Gasteiger partial charge in [-0.2, -0.15) is 0 Å². The first kappa shape index (κ1) is 27.0. The van der Waals surface area contributed by atoms with E-state index < -0.39 is 29.0 Å². The van der Waals surface area contributed by atoms with Gasteiger partial charge >= 0.3 is 5.97 Å². The molecule has 2 aliphatic carbocycles. The van der Waals surface area contributed by atoms with Crippen LogP contribution in [0.5, 0.6) is 11.5 Å². The maximum atomic E-state index is 15.9. The number of ether oxygens (including phenoxy) is 2. The van der Waals surface area contributed by atoms with Gasteiger partial charge in [0.2, 0.25) is 0 Å². The molecular weight excluding hydrogens is 528 g/mol. The largest absolute Gasteiger partial charge is 0.497 e. The Bertz CT molecular complexity index is 1630. The third kappa shape index (κ3) is 4.46. The molecule has 1 saturated carbocycles. The fraction of sp³-hybridized carbons (Fsp3) is 0.333. The van der Waals surface area contributed by atoms with Crippen molar-refractivity contribution in [2.24, 2.45) is 11.3 Å². The Hall–Kier alpha value is -4.20. The smallest absolute Gasteiger partial charge is 0.307 e. The highest BCUT2D eigenvalue weighted by atomic mass is 19.1. The molecule has 2 atom stereocenters. The maximum absolute atomic E-state index is 15.9. The number of nitrogens with one attached hydrogen (secondary N) is 1. The molecule has 0 aromatic heterocycles. The number of carbonyl (C=O) groups excluding carboxylic acids is 1. The zero-order valence-corrected chi connectivity index (χ0v) is 23.1. The summed E-state index contributed by atoms with van der Waals surface area (Å²) >= 11 is 0. The van der Waals surface area contributed by atoms with Crippen molar-refractivity contribution in [2.45, 2.75) is 45.1 Å². The van der Waals surface area contributed by atoms with Crippen molar-refractivity contribution >= 4 is 17.4 Å². The SMILES string of the molecule is COc1ccc(F)c(-c2ccc(COc3ccc4c(c3F)[C@]3(CNC4=O)C[C@@H]3C(=O)O)cc2C2=CCCC2(C)C)c1. The first-order valence-electron chi connectivity index (χ1n) is 13.7. The van der Waals surface area contributed by atoms with Gasteiger partial charge in [0.25, 0.3) is 5.91 Å². The molecule has 0 bridgehead atoms. The second-order valence-electron chi connectivity index (χ2n) is 11.8. The van der Waals surface area contributed by atoms with Gasteiger partial charge in [-0.15, -0.1) is 0 Å². The molecule has 6 nitrogen and oxygen atoms in total. The van der Waals surface area contributed by atoms with E-state index in [1.54, 1.807) is 19.2 Å². The van der Waals surface area contributed by atoms with Crippen molar-refractivity contribution in [2.75, 3.05) is 13.7 Å². The van der Waals surface area contributed by atoms with Gasteiger partial charge in [0, 0.05) is 28.7 Å². The highest BCUT2D eigenvalue weighted by Crippen LogP contribution is 2.57. The number of halogens is 2. The summed E-state index contributed by atoms with van der Waals surface area (Å²) in [4.78, 5) is 24.1. The third-order valence-corrected chi connectivity index (χ3v) is 8.87. The van der Waals surface area contributed by atoms with Crippen LogP contribution in [0.2, 0.25) is 0 Å². The van der Waals surface area contributed by atoms with Gasteiger partial charge in [-0.25, -0.2) is 8.78 Å². The van der Waals surface area contributed by atoms with Crippen LogP contribution in [0, 0.1) is 23.0 Å². The van der Waals surface area contributed by atoms with Crippen LogP contribution in [0.4, 0.5) is 8.78 Å². The topological polar surface area (TPSA) is 84.9 Å². The van der Waals surface area contributed by atoms with Crippen molar-refractivity contribution in [1.82, 2.24) is 5.32 Å². The number of hydrogen-bond acceptors (Lipinski definition) is 4. The molecule has 3 aromatic carbocycles. The first-order valence-corrected chi connectivity index (χ1v) is 13.7. The van der Waals surface area contributed by atoms with Crippen LogP contribution in [0.1, 0.15) is 60.2 Å². The number of fused-ring (bicyclic) bond motifs is 2. The lowest BCUT2D eigenvalue weighted by molar-refractivity contribution is -0.139. The zero-order chi connectivity index (χ0) is 29.1. The minimum Gasteiger partial charge on any atom is -0.497 e. The van der Waals surface area contributed by atoms with Crippen LogP contribution in [0.3, 0.4) is 0 Å². The van der Waals surface area contributed by atoms with E-state index in [4.69, 9.17) is 9.47 Å². The quantitative estimate of drug-likeness (QED) is 0.345. The predicted molar refractivity (Wildman–Crippen MR) is 150 cm³/mol. The monoisotopic (exact) mass is 559 g/mol. The molecule has 0 radical (unpaired) electrons. The Labute approximate surface area is 237 Å². The second kappa shape index (κ2) is 9.72. The minimum atomic E-state index is -1.01. The molecule has 6 rings (SSSR count). The number of hydrogen-bond donors (Lipinski definition) is 2. The summed E-state index contributed by atoms with van der Waals surface area (Å²) in [6.45, 7) is 4.43. The highest BCUT2D eigenvalue weighted by molar-refractivity contribution is 5.99. The number of carboxylic acids is 1. The lowest BCUT2D eigenvalue weighted by Crippen LogP contribution is -2.41. The average molecular weight is 560 g/mol. The highest BCUT2D eigenvalue weighted by Gasteiger charge is 2.63. The van der Waals surface area contributed by atoms with Gasteiger partial charge in [0.05, 0.1) is 13.0 Å². The van der Waals surface area contributed by atoms with Crippen LogP contribution in [-0.4, -0.2) is 30.6 Å². The number of methoxy groups -OCH3 is 1. The van der Waals surface area contributed by atoms with E-state index in [1.807, 2.05) is 18.2 Å². The molecule has 1 spiro atoms. The Morgan fingerprint density at radius 3 is 2.51 bits per heavy atom. The maximum Gasteiger partial charge on any atom is 0.307 e. The number of carboxylic acid groups (broad SMARTS) is 1. The molecule has 212 valence electrons. The van der Waals surface area contributed by atoms with E-state index in [1.165, 1.54) is 18.2 Å². The van der Waals surface area contributed by atoms with E-state index in [0.29, 0.717) is 11.3 Å². The fourth-order valence-corrected chi connectivity index (χ4v) is 6.47. The van der Waals surface area contributed by atoms with Crippen molar-refractivity contribution in [3.05, 3.63) is 88.5 Å². The van der Waals surface area contributed by atoms with E-state index in [2.05, 4.69) is 25.2 Å². The molecule has 1 heterocycles. The normalized spacial score (nSPS) is 22.1. The van der Waals surface area contributed by atoms with Crippen LogP contribution in [0.25, 0.3) is 16.7 Å². The summed E-state index contributed by atoms with van der Waals surface area (Å²) in [5.41, 5.74) is 3.09. The Kier molecular flexibility index (Phi) is 6.40. The van der Waals surface area contributed by atoms with Gasteiger partial charge < -0.3 is 19.9 Å². The second-order valence-corrected chi connectivity index (χ2v) is 11.8. The lowest BCUT2D eigenvalue weighted by atomic mass is 9.79. The Morgan fingerprint density at radius 2 is 1.83 bits per heavy atom. The number of aliphatic carboxylic acids is 1. The van der Waals surface area contributed by atoms with Crippen LogP contribution >= 0.6 is 0 Å². The number of allylic oxidation sites excluding steroid dienone is 2. The number of amides is 1. The molecule has 0 unspecified atom stereocenters. The first-order chi connectivity index (χ1) is 19.6. The predicted octanol–water partition coefficient (Wildman–Crippen LogP) is 6.51. The number of benzene rings is 3. The lowest BCUT2D eigenvalue weighted by Gasteiger charge is -2.27. The van der Waals surface area contributed by atoms with Gasteiger partial charge in [-0.05, 0) is 83.3 Å². The van der Waals surface area contributed by atoms with Crippen molar-refractivity contribution in [3.63, 3.8) is 0 Å². The Morgan fingerprint density at radius 1 is 1.05 bits per heavy atom. The third-order valence-electron chi connectivity index (χ3n) is 8.87. The molecule has 1 aliphatic heterocycles. The standard InChI is InChI=1S/C33H31F2NO5/c1-32(2)12-4-5-24(32)22-13-18(6-8-20(22)23-14-19(40-3)7-10-26(23)34)16-41-27-11-9-21-28(29(27)35)33(17-36-30(21)37)15-25(33)31(38)39/h5-11,13-14,25H,4,12,15-17H2,1-3H3,(H,36,37)(H,38,39)/t25-,33+/m1/s1. The summed E-state index contributed by atoms with van der Waals surface area (Å²) in [6.07, 6.45) is 4.32. The van der Waals surface area contributed by atoms with Gasteiger partial charge in [0.1, 0.15) is 18.2 Å². The summed E-state index contributed by atoms with van der Waals surface area (Å²) in [5.74, 6) is -2.75. The summed E-state index contributed by atoms with van der Waals surface area (Å²) in [5, 5.41) is 12.3. The summed E-state index contributed by atoms with van der Waals surface area (Å²) in [7, 11) is 1.54. The molecule has 3 aromatic rings. The van der Waals surface area contributed by atoms with Crippen LogP contribution in [-0.2, 0) is 16.8 Å². The van der Waals surface area contributed by atoms with E-state index >= 15 is 8.78 Å². The van der Waals surface area contributed by atoms with E-state index in [-0.39, 0.29) is 47.7 Å². The van der Waals surface area contributed by atoms with Gasteiger partial charge in [-0.1, -0.05) is 32.1 Å². The van der Waals surface area contributed by atoms with Crippen LogP contribution in [0.15, 0.2) is 54.6 Å². The molecule has 1 amide bonds. The molecule has 41 heavy (non-hydrogen) atoms. The molecular formula is C33H31F2NO5. The van der Waals surface area contributed by atoms with Gasteiger partial charge in [-0.3, -0.25) is 9.59 Å². The zero-order valence-electron chi connectivity index (χ0n) is 23.1. The van der Waals surface area contributed by atoms with Gasteiger partial charge in [0.15, 0.2) is 11.6 Å². The minimum absolute atomic E-state index is 0.0266. The van der Waals surface area contributed by atoms with Crippen molar-refractivity contribution in [3.8, 4) is 22.6 Å². The fourth-order valence-electron chi connectivity index (χ4n) is 6.47. The Balaban J connectivity index is 1.36. The summed E-state index contributed by atoms with van der Waals surface area (Å²) < 4.78 is 42.2. The molecule has 1 fully saturated rings. The molecule has 3 aliphatic rings.